The van der Waals surface area contributed by atoms with Crippen molar-refractivity contribution in [2.24, 2.45) is 5.73 Å². The Bertz CT molecular complexity index is 1230. The molecule has 2 aromatic carbocycles. The number of benzene rings is 2. The van der Waals surface area contributed by atoms with Crippen molar-refractivity contribution in [2.75, 3.05) is 0 Å². The van der Waals surface area contributed by atoms with Crippen LogP contribution in [-0.2, 0) is 6.61 Å². The molecule has 0 aliphatic heterocycles. The number of carboxylic acids is 1. The van der Waals surface area contributed by atoms with Gasteiger partial charge in [-0.2, -0.15) is 11.3 Å². The van der Waals surface area contributed by atoms with Crippen molar-refractivity contribution in [3.05, 3.63) is 94.4 Å². The lowest BCUT2D eigenvalue weighted by molar-refractivity contribution is 0.0697. The summed E-state index contributed by atoms with van der Waals surface area (Å²) >= 11 is 1.64. The van der Waals surface area contributed by atoms with Crippen molar-refractivity contribution in [1.29, 1.82) is 0 Å². The zero-order valence-electron chi connectivity index (χ0n) is 15.9. The van der Waals surface area contributed by atoms with Crippen molar-refractivity contribution in [3.8, 4) is 34.5 Å². The van der Waals surface area contributed by atoms with Crippen LogP contribution in [-0.4, -0.2) is 15.6 Å². The van der Waals surface area contributed by atoms with Gasteiger partial charge in [-0.25, -0.2) is 4.79 Å². The molecule has 2 aromatic heterocycles. The third-order valence-corrected chi connectivity index (χ3v) is 5.33. The van der Waals surface area contributed by atoms with Gasteiger partial charge in [0.1, 0.15) is 12.4 Å². The summed E-state index contributed by atoms with van der Waals surface area (Å²) in [5, 5.41) is 13.2. The average Bonchev–Trinajstić information content (AvgIpc) is 3.43. The number of hydrogen-bond acceptors (Lipinski definition) is 4. The quantitative estimate of drug-likeness (QED) is 0.353. The van der Waals surface area contributed by atoms with E-state index in [4.69, 9.17) is 15.6 Å². The van der Waals surface area contributed by atoms with Gasteiger partial charge in [0.05, 0.1) is 11.1 Å². The number of aromatic carboxylic acids is 1. The number of nitrogens with zero attached hydrogens (tertiary/aromatic N) is 1. The molecule has 0 radical (unpaired) electrons. The predicted molar refractivity (Wildman–Crippen MR) is 118 cm³/mol. The second-order valence-corrected chi connectivity index (χ2v) is 7.31. The molecule has 3 N–H and O–H groups in total. The van der Waals surface area contributed by atoms with Crippen LogP contribution in [0.15, 0.2) is 77.8 Å². The minimum absolute atomic E-state index is 0.236. The maximum absolute atomic E-state index is 11.1. The number of nitrogens with two attached hydrogens (primary N) is 1. The molecule has 0 bridgehead atoms. The first kappa shape index (κ1) is 19.4. The maximum atomic E-state index is 11.1. The van der Waals surface area contributed by atoms with E-state index < -0.39 is 5.97 Å². The van der Waals surface area contributed by atoms with E-state index in [2.05, 4.69) is 17.3 Å². The summed E-state index contributed by atoms with van der Waals surface area (Å²) in [5.41, 5.74) is 10.2. The molecule has 0 aliphatic rings. The monoisotopic (exact) mass is 414 g/mol. The average molecular weight is 414 g/mol. The highest BCUT2D eigenvalue weighted by Gasteiger charge is 2.14. The summed E-state index contributed by atoms with van der Waals surface area (Å²) < 4.78 is 7.98. The number of ether oxygens (including phenoxy) is 1. The third-order valence-electron chi connectivity index (χ3n) is 4.60. The first-order chi connectivity index (χ1) is 14.7. The molecule has 5 nitrogen and oxygen atoms in total. The van der Waals surface area contributed by atoms with Crippen LogP contribution in [0.4, 0.5) is 0 Å². The van der Waals surface area contributed by atoms with Gasteiger partial charge in [-0.3, -0.25) is 0 Å². The Hall–Kier alpha value is -3.95. The smallest absolute Gasteiger partial charge is 0.335 e. The van der Waals surface area contributed by atoms with Gasteiger partial charge in [-0.1, -0.05) is 18.2 Å². The third kappa shape index (κ3) is 4.07. The van der Waals surface area contributed by atoms with Crippen molar-refractivity contribution in [1.82, 2.24) is 4.57 Å². The Morgan fingerprint density at radius 1 is 1.07 bits per heavy atom. The number of para-hydroxylation sites is 1. The SMILES string of the molecule is NC#Cc1cn(-c2ccc(C(=O)O)cc2)cc1-c1ccccc1OCc1ccsc1. The van der Waals surface area contributed by atoms with E-state index in [1.807, 2.05) is 52.7 Å². The second-order valence-electron chi connectivity index (χ2n) is 6.53. The zero-order valence-corrected chi connectivity index (χ0v) is 16.7. The summed E-state index contributed by atoms with van der Waals surface area (Å²) in [7, 11) is 0. The molecule has 4 rings (SSSR count). The highest BCUT2D eigenvalue weighted by atomic mass is 32.1. The van der Waals surface area contributed by atoms with E-state index in [9.17, 15) is 4.79 Å². The number of carboxylic acid groups (broad SMARTS) is 1. The van der Waals surface area contributed by atoms with Gasteiger partial charge in [0.25, 0.3) is 0 Å². The van der Waals surface area contributed by atoms with Gasteiger partial charge in [0, 0.05) is 35.3 Å². The van der Waals surface area contributed by atoms with Crippen LogP contribution < -0.4 is 10.5 Å². The molecular formula is C24H18N2O3S. The van der Waals surface area contributed by atoms with Gasteiger partial charge < -0.3 is 20.1 Å². The number of hydrogen-bond donors (Lipinski definition) is 2. The molecular weight excluding hydrogens is 396 g/mol. The molecule has 148 valence electrons. The Morgan fingerprint density at radius 3 is 2.57 bits per heavy atom. The minimum atomic E-state index is -0.957. The summed E-state index contributed by atoms with van der Waals surface area (Å²) in [6.45, 7) is 0.482. The number of rotatable bonds is 6. The highest BCUT2D eigenvalue weighted by Crippen LogP contribution is 2.34. The largest absolute Gasteiger partial charge is 0.488 e. The molecule has 30 heavy (non-hydrogen) atoms. The molecule has 0 fully saturated rings. The molecule has 0 saturated heterocycles. The lowest BCUT2D eigenvalue weighted by Gasteiger charge is -2.10. The molecule has 0 saturated carbocycles. The predicted octanol–water partition coefficient (Wildman–Crippen LogP) is 4.75. The van der Waals surface area contributed by atoms with E-state index in [0.717, 1.165) is 33.7 Å². The van der Waals surface area contributed by atoms with Gasteiger partial charge in [-0.15, -0.1) is 0 Å². The van der Waals surface area contributed by atoms with Crippen molar-refractivity contribution < 1.29 is 14.6 Å². The molecule has 0 atom stereocenters. The summed E-state index contributed by atoms with van der Waals surface area (Å²) in [5.74, 6) is 2.75. The molecule has 6 heteroatoms. The van der Waals surface area contributed by atoms with Crippen LogP contribution in [0, 0.1) is 12.0 Å². The van der Waals surface area contributed by atoms with E-state index in [0.29, 0.717) is 6.61 Å². The number of thiophene rings is 1. The van der Waals surface area contributed by atoms with E-state index >= 15 is 0 Å². The van der Waals surface area contributed by atoms with Crippen LogP contribution in [0.2, 0.25) is 0 Å². The number of aromatic nitrogens is 1. The van der Waals surface area contributed by atoms with Crippen molar-refractivity contribution >= 4 is 17.3 Å². The Balaban J connectivity index is 1.72. The van der Waals surface area contributed by atoms with Crippen LogP contribution in [0.1, 0.15) is 21.5 Å². The van der Waals surface area contributed by atoms with Gasteiger partial charge in [0.2, 0.25) is 0 Å². The summed E-state index contributed by atoms with van der Waals surface area (Å²) in [6.07, 6.45) is 3.82. The minimum Gasteiger partial charge on any atom is -0.488 e. The number of carbonyl (C=O) groups is 1. The van der Waals surface area contributed by atoms with Gasteiger partial charge in [0.15, 0.2) is 0 Å². The molecule has 0 amide bonds. The lowest BCUT2D eigenvalue weighted by atomic mass is 10.0. The van der Waals surface area contributed by atoms with Crippen LogP contribution in [0.5, 0.6) is 5.75 Å². The Labute approximate surface area is 178 Å². The molecule has 4 aromatic rings. The van der Waals surface area contributed by atoms with Crippen LogP contribution in [0.3, 0.4) is 0 Å². The topological polar surface area (TPSA) is 77.5 Å². The van der Waals surface area contributed by atoms with E-state index in [-0.39, 0.29) is 5.56 Å². The molecule has 0 unspecified atom stereocenters. The molecule has 0 aliphatic carbocycles. The fourth-order valence-electron chi connectivity index (χ4n) is 3.12. The van der Waals surface area contributed by atoms with Crippen molar-refractivity contribution in [3.63, 3.8) is 0 Å². The summed E-state index contributed by atoms with van der Waals surface area (Å²) in [6, 6.07) is 19.0. The second kappa shape index (κ2) is 8.60. The highest BCUT2D eigenvalue weighted by molar-refractivity contribution is 7.07. The Morgan fingerprint density at radius 2 is 1.87 bits per heavy atom. The first-order valence-corrected chi connectivity index (χ1v) is 10.1. The van der Waals surface area contributed by atoms with Gasteiger partial charge in [-0.05, 0) is 58.6 Å². The molecule has 2 heterocycles. The van der Waals surface area contributed by atoms with Gasteiger partial charge >= 0.3 is 5.97 Å². The van der Waals surface area contributed by atoms with E-state index in [1.165, 1.54) is 0 Å². The maximum Gasteiger partial charge on any atom is 0.335 e. The summed E-state index contributed by atoms with van der Waals surface area (Å²) in [4.78, 5) is 11.1. The standard InChI is InChI=1S/C24H18N2O3S/c25-11-9-19-13-26(20-7-5-18(6-8-20)24(27)28)14-22(19)21-3-1-2-4-23(21)29-15-17-10-12-30-16-17/h1-8,10,12-14,16H,15,25H2,(H,27,28). The Kier molecular flexibility index (Phi) is 5.55. The molecule has 0 spiro atoms. The first-order valence-electron chi connectivity index (χ1n) is 9.16. The van der Waals surface area contributed by atoms with Crippen LogP contribution in [0.25, 0.3) is 16.8 Å². The zero-order chi connectivity index (χ0) is 20.9. The fraction of sp³-hybridized carbons (Fsp3) is 0.0417. The van der Waals surface area contributed by atoms with Crippen molar-refractivity contribution in [2.45, 2.75) is 6.61 Å². The normalized spacial score (nSPS) is 10.3. The lowest BCUT2D eigenvalue weighted by Crippen LogP contribution is -1.97. The van der Waals surface area contributed by atoms with Crippen LogP contribution >= 0.6 is 11.3 Å². The van der Waals surface area contributed by atoms with E-state index in [1.54, 1.807) is 35.6 Å². The fourth-order valence-corrected chi connectivity index (χ4v) is 3.78.